The fraction of sp³-hybridized carbons (Fsp3) is 0.500. The molecule has 8 nitrogen and oxygen atoms in total. The Morgan fingerprint density at radius 3 is 2.50 bits per heavy atom. The van der Waals surface area contributed by atoms with Gasteiger partial charge in [0.1, 0.15) is 24.1 Å². The summed E-state index contributed by atoms with van der Waals surface area (Å²) >= 11 is 0. The minimum Gasteiger partial charge on any atom is -0.494 e. The van der Waals surface area contributed by atoms with Crippen LogP contribution in [0.5, 0.6) is 5.75 Å². The van der Waals surface area contributed by atoms with E-state index >= 15 is 0 Å². The lowest BCUT2D eigenvalue weighted by Gasteiger charge is -2.40. The number of carbonyl (C=O) groups excluding carboxylic acids is 2. The first-order valence-electron chi connectivity index (χ1n) is 15.3. The quantitative estimate of drug-likeness (QED) is 0.330. The third-order valence-corrected chi connectivity index (χ3v) is 9.16. The van der Waals surface area contributed by atoms with Crippen molar-refractivity contribution in [2.45, 2.75) is 82.2 Å². The van der Waals surface area contributed by atoms with Crippen molar-refractivity contribution in [3.8, 4) is 5.75 Å². The van der Waals surface area contributed by atoms with Crippen molar-refractivity contribution in [1.82, 2.24) is 0 Å². The first-order chi connectivity index (χ1) is 20.3. The molecule has 6 rings (SSSR count). The Bertz CT molecular complexity index is 1350. The Labute approximate surface area is 246 Å². The second-order valence-electron chi connectivity index (χ2n) is 12.3. The molecule has 7 unspecified atom stereocenters. The molecule has 2 aromatic carbocycles. The van der Waals surface area contributed by atoms with E-state index in [1.807, 2.05) is 61.5 Å². The van der Waals surface area contributed by atoms with Gasteiger partial charge in [0.05, 0.1) is 12.7 Å². The van der Waals surface area contributed by atoms with Crippen LogP contribution in [0.25, 0.3) is 0 Å². The topological polar surface area (TPSA) is 129 Å². The van der Waals surface area contributed by atoms with Gasteiger partial charge in [0.2, 0.25) is 5.91 Å². The standard InChI is InChI=1S/C34H40N2O6/c1-2-41-26-12-3-19(4-13-26)15-24-16-22(9-14-28(24)35)33-32(39)31(38)30(37)29(42-33)18-23-17-27(23)20-7-10-25(11-8-20)36-34(40)21-5-6-21/h3-4,7-8,10-13,16,21-23,27,29-31,33,35,37-38H,2,5-6,9,14-15,17-18H2,1H3,(H,36,40). The van der Waals surface area contributed by atoms with Crippen LogP contribution in [0.2, 0.25) is 0 Å². The number of rotatable bonds is 10. The molecule has 7 atom stereocenters. The predicted octanol–water partition coefficient (Wildman–Crippen LogP) is 4.58. The molecule has 0 spiro atoms. The summed E-state index contributed by atoms with van der Waals surface area (Å²) in [4.78, 5) is 25.1. The van der Waals surface area contributed by atoms with E-state index in [4.69, 9.17) is 14.9 Å². The minimum absolute atomic E-state index is 0.0890. The van der Waals surface area contributed by atoms with E-state index in [0.717, 1.165) is 41.8 Å². The molecule has 8 heteroatoms. The average molecular weight is 573 g/mol. The van der Waals surface area contributed by atoms with Gasteiger partial charge in [0, 0.05) is 23.2 Å². The van der Waals surface area contributed by atoms with Crippen LogP contribution in [0.15, 0.2) is 60.2 Å². The fourth-order valence-corrected chi connectivity index (χ4v) is 6.41. The maximum Gasteiger partial charge on any atom is 0.227 e. The molecule has 1 heterocycles. The molecular weight excluding hydrogens is 532 g/mol. The zero-order chi connectivity index (χ0) is 29.4. The molecule has 1 aliphatic heterocycles. The zero-order valence-corrected chi connectivity index (χ0v) is 24.0. The van der Waals surface area contributed by atoms with Crippen LogP contribution in [0, 0.1) is 23.2 Å². The molecular formula is C34H40N2O6. The molecule has 0 radical (unpaired) electrons. The summed E-state index contributed by atoms with van der Waals surface area (Å²) in [5, 5.41) is 33.0. The van der Waals surface area contributed by atoms with Crippen molar-refractivity contribution in [3.05, 3.63) is 71.3 Å². The van der Waals surface area contributed by atoms with Gasteiger partial charge in [-0.3, -0.25) is 9.59 Å². The number of hydrogen-bond donors (Lipinski definition) is 4. The molecule has 222 valence electrons. The molecule has 2 saturated carbocycles. The summed E-state index contributed by atoms with van der Waals surface area (Å²) in [5.74, 6) is 0.907. The van der Waals surface area contributed by atoms with E-state index in [-0.39, 0.29) is 23.7 Å². The lowest BCUT2D eigenvalue weighted by molar-refractivity contribution is -0.189. The molecule has 3 fully saturated rings. The van der Waals surface area contributed by atoms with Crippen LogP contribution in [0.3, 0.4) is 0 Å². The number of hydrogen-bond acceptors (Lipinski definition) is 7. The van der Waals surface area contributed by atoms with E-state index < -0.39 is 30.2 Å². The molecule has 3 aliphatic carbocycles. The Hall–Kier alpha value is -3.33. The Kier molecular flexibility index (Phi) is 8.30. The van der Waals surface area contributed by atoms with Crippen LogP contribution >= 0.6 is 0 Å². The third kappa shape index (κ3) is 6.36. The number of carbonyl (C=O) groups is 2. The average Bonchev–Trinajstić information content (AvgIpc) is 3.92. The number of ether oxygens (including phenoxy) is 2. The molecule has 1 saturated heterocycles. The van der Waals surface area contributed by atoms with Gasteiger partial charge in [-0.2, -0.15) is 0 Å². The number of aliphatic hydroxyl groups excluding tert-OH is 2. The number of amides is 1. The largest absolute Gasteiger partial charge is 0.494 e. The van der Waals surface area contributed by atoms with Crippen LogP contribution < -0.4 is 10.1 Å². The highest BCUT2D eigenvalue weighted by Crippen LogP contribution is 2.51. The van der Waals surface area contributed by atoms with Crippen LogP contribution in [0.1, 0.15) is 62.5 Å². The van der Waals surface area contributed by atoms with Crippen molar-refractivity contribution in [2.24, 2.45) is 17.8 Å². The Morgan fingerprint density at radius 1 is 1.07 bits per heavy atom. The van der Waals surface area contributed by atoms with Gasteiger partial charge in [0.25, 0.3) is 0 Å². The van der Waals surface area contributed by atoms with Gasteiger partial charge < -0.3 is 30.4 Å². The van der Waals surface area contributed by atoms with Gasteiger partial charge in [-0.1, -0.05) is 30.3 Å². The first-order valence-corrected chi connectivity index (χ1v) is 15.3. The Balaban J connectivity index is 1.09. The van der Waals surface area contributed by atoms with Crippen LogP contribution in [0.4, 0.5) is 5.69 Å². The number of ketones is 1. The number of allylic oxidation sites excluding steroid dienone is 1. The molecule has 42 heavy (non-hydrogen) atoms. The van der Waals surface area contributed by atoms with E-state index in [0.29, 0.717) is 43.9 Å². The Morgan fingerprint density at radius 2 is 1.81 bits per heavy atom. The fourth-order valence-electron chi connectivity index (χ4n) is 6.41. The lowest BCUT2D eigenvalue weighted by atomic mass is 9.79. The van der Waals surface area contributed by atoms with Gasteiger partial charge in [0.15, 0.2) is 5.78 Å². The van der Waals surface area contributed by atoms with Crippen molar-refractivity contribution in [1.29, 1.82) is 5.41 Å². The summed E-state index contributed by atoms with van der Waals surface area (Å²) in [6.07, 6.45) is 2.88. The molecule has 2 aromatic rings. The van der Waals surface area contributed by atoms with Gasteiger partial charge >= 0.3 is 0 Å². The smallest absolute Gasteiger partial charge is 0.227 e. The molecule has 1 amide bonds. The monoisotopic (exact) mass is 572 g/mol. The van der Waals surface area contributed by atoms with Crippen molar-refractivity contribution in [3.63, 3.8) is 0 Å². The van der Waals surface area contributed by atoms with E-state index in [1.54, 1.807) is 0 Å². The second-order valence-corrected chi connectivity index (χ2v) is 12.3. The highest BCUT2D eigenvalue weighted by atomic mass is 16.5. The predicted molar refractivity (Wildman–Crippen MR) is 159 cm³/mol. The highest BCUT2D eigenvalue weighted by molar-refractivity contribution is 5.99. The van der Waals surface area contributed by atoms with Crippen molar-refractivity contribution < 1.29 is 29.3 Å². The summed E-state index contributed by atoms with van der Waals surface area (Å²) in [5.41, 5.74) is 4.45. The summed E-state index contributed by atoms with van der Waals surface area (Å²) in [6.45, 7) is 2.54. The van der Waals surface area contributed by atoms with E-state index in [2.05, 4.69) is 5.32 Å². The SMILES string of the molecule is CCOc1ccc(CC2=CC(C3OC(CC4CC4c4ccc(NC(=O)C5CC5)cc4)C(O)C(O)C3=O)CCC2=N)cc1. The number of Topliss-reactive ketones (excluding diaryl/α,β-unsaturated/α-hetero) is 1. The van der Waals surface area contributed by atoms with Crippen molar-refractivity contribution >= 4 is 23.1 Å². The van der Waals surface area contributed by atoms with Gasteiger partial charge in [-0.25, -0.2) is 0 Å². The van der Waals surface area contributed by atoms with Crippen LogP contribution in [-0.2, 0) is 20.7 Å². The second kappa shape index (κ2) is 12.1. The first kappa shape index (κ1) is 28.8. The number of benzene rings is 2. The number of aliphatic hydroxyl groups is 2. The summed E-state index contributed by atoms with van der Waals surface area (Å²) in [7, 11) is 0. The third-order valence-electron chi connectivity index (χ3n) is 9.16. The summed E-state index contributed by atoms with van der Waals surface area (Å²) < 4.78 is 11.8. The van der Waals surface area contributed by atoms with Gasteiger partial charge in [-0.05, 0) is 105 Å². The zero-order valence-electron chi connectivity index (χ0n) is 24.0. The van der Waals surface area contributed by atoms with Crippen molar-refractivity contribution in [2.75, 3.05) is 11.9 Å². The molecule has 0 aromatic heterocycles. The molecule has 4 aliphatic rings. The van der Waals surface area contributed by atoms with E-state index in [1.165, 1.54) is 5.56 Å². The van der Waals surface area contributed by atoms with Crippen LogP contribution in [-0.4, -0.2) is 58.6 Å². The lowest BCUT2D eigenvalue weighted by Crippen LogP contribution is -2.57. The maximum absolute atomic E-state index is 13.1. The summed E-state index contributed by atoms with van der Waals surface area (Å²) in [6, 6.07) is 15.8. The number of anilines is 1. The number of nitrogens with one attached hydrogen (secondary N) is 2. The van der Waals surface area contributed by atoms with E-state index in [9.17, 15) is 19.8 Å². The molecule has 4 N–H and O–H groups in total. The highest BCUT2D eigenvalue weighted by Gasteiger charge is 2.49. The normalized spacial score (nSPS) is 30.9. The minimum atomic E-state index is -1.48. The van der Waals surface area contributed by atoms with Gasteiger partial charge in [-0.15, -0.1) is 0 Å². The maximum atomic E-state index is 13.1. The molecule has 0 bridgehead atoms.